The second-order valence-electron chi connectivity index (χ2n) is 7.18. The topological polar surface area (TPSA) is 75.4 Å². The van der Waals surface area contributed by atoms with E-state index in [-0.39, 0.29) is 11.8 Å². The fourth-order valence-corrected chi connectivity index (χ4v) is 4.83. The maximum absolute atomic E-state index is 13.2. The Kier molecular flexibility index (Phi) is 4.26. The molecule has 3 heterocycles. The zero-order chi connectivity index (χ0) is 19.3. The van der Waals surface area contributed by atoms with E-state index in [2.05, 4.69) is 18.9 Å². The van der Waals surface area contributed by atoms with Crippen LogP contribution in [-0.2, 0) is 18.3 Å². The van der Waals surface area contributed by atoms with Crippen LogP contribution < -0.4 is 0 Å². The highest BCUT2D eigenvalue weighted by atomic mass is 32.1. The predicted octanol–water partition coefficient (Wildman–Crippen LogP) is 3.58. The second-order valence-corrected chi connectivity index (χ2v) is 8.21. The lowest BCUT2D eigenvalue weighted by molar-refractivity contribution is -0.143. The zero-order valence-electron chi connectivity index (χ0n) is 15.5. The molecule has 0 fully saturated rings. The van der Waals surface area contributed by atoms with Gasteiger partial charge in [0.2, 0.25) is 0 Å². The van der Waals surface area contributed by atoms with E-state index >= 15 is 0 Å². The van der Waals surface area contributed by atoms with Crippen LogP contribution in [0.3, 0.4) is 0 Å². The summed E-state index contributed by atoms with van der Waals surface area (Å²) in [4.78, 5) is 28.2. The Morgan fingerprint density at radius 3 is 2.74 bits per heavy atom. The molecule has 1 aromatic carbocycles. The van der Waals surface area contributed by atoms with Crippen LogP contribution in [-0.4, -0.2) is 38.2 Å². The number of hydrogen-bond acceptors (Lipinski definition) is 4. The van der Waals surface area contributed by atoms with Gasteiger partial charge in [0, 0.05) is 19.0 Å². The van der Waals surface area contributed by atoms with E-state index in [4.69, 9.17) is 0 Å². The molecule has 0 radical (unpaired) electrons. The molecule has 0 saturated heterocycles. The van der Waals surface area contributed by atoms with E-state index < -0.39 is 12.0 Å². The summed E-state index contributed by atoms with van der Waals surface area (Å²) in [5.41, 5.74) is 2.66. The first-order chi connectivity index (χ1) is 12.9. The number of aryl methyl sites for hydroxylation is 1. The van der Waals surface area contributed by atoms with Gasteiger partial charge in [-0.25, -0.2) is 4.79 Å². The van der Waals surface area contributed by atoms with Crippen molar-refractivity contribution in [2.45, 2.75) is 32.2 Å². The summed E-state index contributed by atoms with van der Waals surface area (Å²) in [7, 11) is 1.87. The Bertz CT molecular complexity index is 1050. The van der Waals surface area contributed by atoms with E-state index in [0.717, 1.165) is 21.5 Å². The Balaban J connectivity index is 1.75. The van der Waals surface area contributed by atoms with Gasteiger partial charge in [-0.15, -0.1) is 11.3 Å². The average molecular weight is 383 g/mol. The van der Waals surface area contributed by atoms with E-state index in [9.17, 15) is 14.7 Å². The highest BCUT2D eigenvalue weighted by Crippen LogP contribution is 2.35. The molecular formula is C20H21N3O3S. The fraction of sp³-hybridized carbons (Fsp3) is 0.350. The molecule has 3 aromatic rings. The molecule has 1 aliphatic heterocycles. The minimum absolute atomic E-state index is 0.229. The first-order valence-electron chi connectivity index (χ1n) is 8.96. The van der Waals surface area contributed by atoms with Crippen molar-refractivity contribution in [3.8, 4) is 0 Å². The molecule has 140 valence electrons. The second kappa shape index (κ2) is 6.49. The van der Waals surface area contributed by atoms with Gasteiger partial charge < -0.3 is 10.0 Å². The Hall–Kier alpha value is -2.67. The Morgan fingerprint density at radius 2 is 2.04 bits per heavy atom. The Morgan fingerprint density at radius 1 is 1.30 bits per heavy atom. The van der Waals surface area contributed by atoms with Gasteiger partial charge in [-0.05, 0) is 29.5 Å². The van der Waals surface area contributed by atoms with Crippen LogP contribution in [0.5, 0.6) is 0 Å². The lowest BCUT2D eigenvalue weighted by Crippen LogP contribution is -2.43. The van der Waals surface area contributed by atoms with Crippen molar-refractivity contribution >= 4 is 33.4 Å². The van der Waals surface area contributed by atoms with Crippen LogP contribution in [0.15, 0.2) is 30.3 Å². The third kappa shape index (κ3) is 2.82. The van der Waals surface area contributed by atoms with Crippen molar-refractivity contribution in [3.63, 3.8) is 0 Å². The third-order valence-corrected chi connectivity index (χ3v) is 6.27. The monoisotopic (exact) mass is 383 g/mol. The number of fused-ring (bicyclic) bond motifs is 2. The van der Waals surface area contributed by atoms with Crippen LogP contribution in [0.25, 0.3) is 10.2 Å². The molecule has 1 atom stereocenters. The number of carbonyl (C=O) groups is 2. The van der Waals surface area contributed by atoms with E-state index in [0.29, 0.717) is 23.4 Å². The molecule has 6 nitrogen and oxygen atoms in total. The molecule has 0 aliphatic carbocycles. The SMILES string of the molecule is CC(C)c1nn(C)c2sc(C(=O)N3CCc4ccccc4C3C(=O)O)cc12. The quantitative estimate of drug-likeness (QED) is 0.750. The maximum Gasteiger partial charge on any atom is 0.331 e. The minimum Gasteiger partial charge on any atom is -0.479 e. The molecule has 1 N–H and O–H groups in total. The molecule has 0 bridgehead atoms. The molecule has 27 heavy (non-hydrogen) atoms. The third-order valence-electron chi connectivity index (χ3n) is 5.08. The van der Waals surface area contributed by atoms with Gasteiger partial charge in [0.25, 0.3) is 5.91 Å². The van der Waals surface area contributed by atoms with Gasteiger partial charge in [-0.3, -0.25) is 9.48 Å². The van der Waals surface area contributed by atoms with E-state index in [1.807, 2.05) is 31.3 Å². The zero-order valence-corrected chi connectivity index (χ0v) is 16.3. The van der Waals surface area contributed by atoms with E-state index in [1.165, 1.54) is 16.2 Å². The average Bonchev–Trinajstić information content (AvgIpc) is 3.20. The molecule has 1 unspecified atom stereocenters. The highest BCUT2D eigenvalue weighted by Gasteiger charge is 2.37. The number of amides is 1. The van der Waals surface area contributed by atoms with Gasteiger partial charge in [-0.1, -0.05) is 38.1 Å². The first-order valence-corrected chi connectivity index (χ1v) is 9.78. The van der Waals surface area contributed by atoms with Crippen LogP contribution in [0, 0.1) is 0 Å². The summed E-state index contributed by atoms with van der Waals surface area (Å²) in [6.45, 7) is 4.54. The summed E-state index contributed by atoms with van der Waals surface area (Å²) >= 11 is 1.38. The molecular weight excluding hydrogens is 362 g/mol. The molecule has 1 amide bonds. The number of carboxylic acids is 1. The molecule has 0 spiro atoms. The maximum atomic E-state index is 13.2. The predicted molar refractivity (Wildman–Crippen MR) is 104 cm³/mol. The first kappa shape index (κ1) is 17.7. The standard InChI is InChI=1S/C20H21N3O3S/c1-11(2)16-14-10-15(27-19(14)22(3)21-16)18(24)23-9-8-12-6-4-5-7-13(12)17(23)20(25)26/h4-7,10-11,17H,8-9H2,1-3H3,(H,25,26). The number of thiophene rings is 1. The molecule has 1 aliphatic rings. The molecule has 0 saturated carbocycles. The number of aromatic nitrogens is 2. The summed E-state index contributed by atoms with van der Waals surface area (Å²) in [5.74, 6) is -0.978. The Labute approximate surface area is 161 Å². The number of aliphatic carboxylic acids is 1. The fourth-order valence-electron chi connectivity index (χ4n) is 3.79. The van der Waals surface area contributed by atoms with Gasteiger partial charge in [-0.2, -0.15) is 5.10 Å². The van der Waals surface area contributed by atoms with Crippen LogP contribution in [0.1, 0.15) is 52.3 Å². The van der Waals surface area contributed by atoms with Gasteiger partial charge in [0.1, 0.15) is 4.83 Å². The number of benzene rings is 1. The van der Waals surface area contributed by atoms with Crippen LogP contribution in [0.4, 0.5) is 0 Å². The number of carboxylic acid groups (broad SMARTS) is 1. The van der Waals surface area contributed by atoms with Crippen molar-refractivity contribution in [1.29, 1.82) is 0 Å². The summed E-state index contributed by atoms with van der Waals surface area (Å²) in [5, 5.41) is 15.3. The number of carbonyl (C=O) groups excluding carboxylic acids is 1. The summed E-state index contributed by atoms with van der Waals surface area (Å²) in [6, 6.07) is 8.39. The largest absolute Gasteiger partial charge is 0.479 e. The van der Waals surface area contributed by atoms with Crippen LogP contribution >= 0.6 is 11.3 Å². The molecule has 2 aromatic heterocycles. The lowest BCUT2D eigenvalue weighted by Gasteiger charge is -2.34. The van der Waals surface area contributed by atoms with Crippen molar-refractivity contribution in [2.24, 2.45) is 7.05 Å². The highest BCUT2D eigenvalue weighted by molar-refractivity contribution is 7.20. The normalized spacial score (nSPS) is 16.7. The minimum atomic E-state index is -0.999. The smallest absolute Gasteiger partial charge is 0.331 e. The molecule has 4 rings (SSSR count). The van der Waals surface area contributed by atoms with Crippen LogP contribution in [0.2, 0.25) is 0 Å². The number of rotatable bonds is 3. The van der Waals surface area contributed by atoms with E-state index in [1.54, 1.807) is 10.7 Å². The van der Waals surface area contributed by atoms with Crippen molar-refractivity contribution in [2.75, 3.05) is 6.54 Å². The van der Waals surface area contributed by atoms with Gasteiger partial charge in [0.05, 0.1) is 10.6 Å². The van der Waals surface area contributed by atoms with Gasteiger partial charge in [0.15, 0.2) is 6.04 Å². The van der Waals surface area contributed by atoms with Crippen molar-refractivity contribution in [1.82, 2.24) is 14.7 Å². The lowest BCUT2D eigenvalue weighted by atomic mass is 9.92. The number of nitrogens with zero attached hydrogens (tertiary/aromatic N) is 3. The van der Waals surface area contributed by atoms with Gasteiger partial charge >= 0.3 is 5.97 Å². The van der Waals surface area contributed by atoms with Crippen molar-refractivity contribution < 1.29 is 14.7 Å². The van der Waals surface area contributed by atoms with Crippen molar-refractivity contribution in [3.05, 3.63) is 52.0 Å². The number of hydrogen-bond donors (Lipinski definition) is 1. The summed E-state index contributed by atoms with van der Waals surface area (Å²) in [6.07, 6.45) is 0.662. The summed E-state index contributed by atoms with van der Waals surface area (Å²) < 4.78 is 1.80. The molecule has 7 heteroatoms.